The minimum absolute atomic E-state index is 0.0186. The molecule has 5 aromatic rings. The Labute approximate surface area is 427 Å². The lowest BCUT2D eigenvalue weighted by Crippen LogP contribution is -2.37. The van der Waals surface area contributed by atoms with Gasteiger partial charge in [0, 0.05) is 51.3 Å². The van der Waals surface area contributed by atoms with E-state index in [-0.39, 0.29) is 30.9 Å². The van der Waals surface area contributed by atoms with Crippen molar-refractivity contribution in [3.8, 4) is 12.1 Å². The van der Waals surface area contributed by atoms with Gasteiger partial charge in [-0.2, -0.15) is 10.5 Å². The van der Waals surface area contributed by atoms with Gasteiger partial charge in [-0.15, -0.1) is 0 Å². The number of rotatable bonds is 16. The van der Waals surface area contributed by atoms with Crippen LogP contribution in [0.4, 0.5) is 17.3 Å². The van der Waals surface area contributed by atoms with Crippen molar-refractivity contribution in [1.82, 2.24) is 15.3 Å². The average molecular weight is 992 g/mol. The van der Waals surface area contributed by atoms with Crippen LogP contribution in [0.5, 0.6) is 0 Å². The van der Waals surface area contributed by atoms with E-state index in [1.807, 2.05) is 91.0 Å². The van der Waals surface area contributed by atoms with Gasteiger partial charge in [-0.1, -0.05) is 78.9 Å². The minimum Gasteiger partial charge on any atom is -0.480 e. The number of aryl methyl sites for hydroxylation is 2. The molecule has 2 aliphatic rings. The zero-order chi connectivity index (χ0) is 52.7. The monoisotopic (exact) mass is 991 g/mol. The highest BCUT2D eigenvalue weighted by atomic mass is 16.5. The molecule has 2 aliphatic heterocycles. The van der Waals surface area contributed by atoms with Gasteiger partial charge in [0.1, 0.15) is 29.8 Å². The van der Waals surface area contributed by atoms with Crippen LogP contribution in [0.25, 0.3) is 0 Å². The fourth-order valence-corrected chi connectivity index (χ4v) is 8.44. The smallest absolute Gasteiger partial charge is 0.340 e. The molecule has 2 amide bonds. The molecular formula is C56H65N9O8. The summed E-state index contributed by atoms with van der Waals surface area (Å²) in [6.45, 7) is 10.9. The zero-order valence-electron chi connectivity index (χ0n) is 42.0. The highest BCUT2D eigenvalue weighted by Gasteiger charge is 2.27. The van der Waals surface area contributed by atoms with Crippen molar-refractivity contribution in [3.05, 3.63) is 148 Å². The molecule has 0 saturated carbocycles. The molecule has 2 fully saturated rings. The topological polar surface area (TPSA) is 254 Å². The summed E-state index contributed by atoms with van der Waals surface area (Å²) in [5.41, 5.74) is 10.7. The number of hydrogen-bond acceptors (Lipinski definition) is 14. The van der Waals surface area contributed by atoms with Gasteiger partial charge in [-0.3, -0.25) is 14.4 Å². The van der Waals surface area contributed by atoms with Gasteiger partial charge in [0.05, 0.1) is 46.9 Å². The molecule has 17 heteroatoms. The Morgan fingerprint density at radius 1 is 0.671 bits per heavy atom. The van der Waals surface area contributed by atoms with Crippen LogP contribution in [0.15, 0.2) is 103 Å². The van der Waals surface area contributed by atoms with Gasteiger partial charge in [-0.25, -0.2) is 19.6 Å². The first-order valence-electron chi connectivity index (χ1n) is 24.6. The summed E-state index contributed by atoms with van der Waals surface area (Å²) in [6, 6.07) is 35.3. The lowest BCUT2D eigenvalue weighted by molar-refractivity contribution is -0.138. The summed E-state index contributed by atoms with van der Waals surface area (Å²) in [5, 5.41) is 33.6. The maximum atomic E-state index is 12.3. The number of anilines is 3. The van der Waals surface area contributed by atoms with Crippen molar-refractivity contribution in [2.24, 2.45) is 17.6 Å². The first-order valence-corrected chi connectivity index (χ1v) is 24.6. The van der Waals surface area contributed by atoms with Crippen LogP contribution >= 0.6 is 0 Å². The second kappa shape index (κ2) is 28.6. The van der Waals surface area contributed by atoms with Crippen molar-refractivity contribution < 1.29 is 38.6 Å². The third kappa shape index (κ3) is 17.3. The van der Waals surface area contributed by atoms with E-state index in [0.717, 1.165) is 55.6 Å². The number of aromatic nitrogens is 2. The Morgan fingerprint density at radius 3 is 1.49 bits per heavy atom. The molecule has 0 radical (unpaired) electrons. The molecule has 3 aromatic carbocycles. The summed E-state index contributed by atoms with van der Waals surface area (Å²) in [6.07, 6.45) is 4.74. The summed E-state index contributed by atoms with van der Waals surface area (Å²) in [7, 11) is 0. The van der Waals surface area contributed by atoms with Crippen molar-refractivity contribution in [2.45, 2.75) is 85.2 Å². The Hall–Kier alpha value is -8.15. The second-order valence-corrected chi connectivity index (χ2v) is 17.7. The van der Waals surface area contributed by atoms with Crippen LogP contribution in [-0.4, -0.2) is 90.2 Å². The molecule has 2 saturated heterocycles. The van der Waals surface area contributed by atoms with Crippen molar-refractivity contribution in [2.75, 3.05) is 54.5 Å². The number of benzene rings is 3. The summed E-state index contributed by atoms with van der Waals surface area (Å²) in [5.74, 6) is -0.0238. The van der Waals surface area contributed by atoms with E-state index in [2.05, 4.69) is 42.5 Å². The Bertz CT molecular complexity index is 2710. The summed E-state index contributed by atoms with van der Waals surface area (Å²) < 4.78 is 10.1. The molecule has 73 heavy (non-hydrogen) atoms. The highest BCUT2D eigenvalue weighted by molar-refractivity contribution is 5.92. The molecule has 382 valence electrons. The van der Waals surface area contributed by atoms with Gasteiger partial charge in [0.2, 0.25) is 11.8 Å². The molecule has 2 aromatic heterocycles. The van der Waals surface area contributed by atoms with Gasteiger partial charge in [0.25, 0.3) is 0 Å². The van der Waals surface area contributed by atoms with Crippen LogP contribution in [-0.2, 0) is 36.8 Å². The number of para-hydroxylation sites is 1. The lowest BCUT2D eigenvalue weighted by atomic mass is 9.93. The van der Waals surface area contributed by atoms with Crippen LogP contribution in [0.2, 0.25) is 0 Å². The van der Waals surface area contributed by atoms with E-state index in [1.54, 1.807) is 39.8 Å². The van der Waals surface area contributed by atoms with E-state index in [9.17, 15) is 34.5 Å². The number of carbonyl (C=O) groups excluding carboxylic acids is 4. The van der Waals surface area contributed by atoms with Crippen LogP contribution in [0.3, 0.4) is 0 Å². The molecule has 0 spiro atoms. The largest absolute Gasteiger partial charge is 0.480 e. The predicted molar refractivity (Wildman–Crippen MR) is 278 cm³/mol. The van der Waals surface area contributed by atoms with E-state index in [1.165, 1.54) is 0 Å². The number of piperidine rings is 2. The molecular weight excluding hydrogens is 927 g/mol. The fraction of sp³-hybridized carbons (Fsp3) is 0.375. The number of hydrogen-bond donors (Lipinski definition) is 4. The molecule has 17 nitrogen and oxygen atoms in total. The quantitative estimate of drug-likeness (QED) is 0.0692. The number of ether oxygens (including phenoxy) is 2. The van der Waals surface area contributed by atoms with E-state index in [4.69, 9.17) is 20.3 Å². The minimum atomic E-state index is -0.959. The van der Waals surface area contributed by atoms with Gasteiger partial charge in [-0.05, 0) is 107 Å². The number of carbonyl (C=O) groups is 5. The standard InChI is InChI=1S/C24H28N4O3.C23H26N4O3.C9H11NO2/c1-3-31-24(30)21-14-20(15-25)23(27-17(21)2)28-11-9-18(10-12-28)13-22(29)26-16-19-7-5-4-6-8-19;1-3-30-23(29)20-14-18(15-24)22(25-16(20)2)27-11-9-17(10-12-27)13-21(28)26-19-7-5-4-6-8-19;10-8(9(11)12)6-7-4-2-1-3-5-7/h4-8,14,18H,3,9-13,16H2,1-2H3,(H,26,29);4-8,14,17H,3,9-13H2,1-2H3,(H,26,28);1-5,8H,6,10H2,(H,11,12)/t;;8-/m..0/s1. The predicted octanol–water partition coefficient (Wildman–Crippen LogP) is 7.69. The number of aliphatic carboxylic acids is 1. The highest BCUT2D eigenvalue weighted by Crippen LogP contribution is 2.30. The molecule has 0 unspecified atom stereocenters. The van der Waals surface area contributed by atoms with Gasteiger partial charge >= 0.3 is 17.9 Å². The van der Waals surface area contributed by atoms with Gasteiger partial charge < -0.3 is 40.7 Å². The van der Waals surface area contributed by atoms with Crippen LogP contribution in [0.1, 0.15) is 107 Å². The number of nitriles is 2. The van der Waals surface area contributed by atoms with Crippen molar-refractivity contribution in [3.63, 3.8) is 0 Å². The number of esters is 2. The Morgan fingerprint density at radius 2 is 1.08 bits per heavy atom. The molecule has 1 atom stereocenters. The van der Waals surface area contributed by atoms with E-state index in [0.29, 0.717) is 90.1 Å². The number of nitrogens with one attached hydrogen (secondary N) is 2. The van der Waals surface area contributed by atoms with Crippen LogP contribution in [0, 0.1) is 48.3 Å². The molecule has 4 heterocycles. The normalized spacial score (nSPS) is 13.8. The molecule has 0 aliphatic carbocycles. The Balaban J connectivity index is 0.000000222. The summed E-state index contributed by atoms with van der Waals surface area (Å²) in [4.78, 5) is 72.4. The number of pyridine rings is 2. The number of carboxylic acid groups (broad SMARTS) is 1. The van der Waals surface area contributed by atoms with Crippen molar-refractivity contribution in [1.29, 1.82) is 10.5 Å². The molecule has 0 bridgehead atoms. The molecule has 7 rings (SSSR count). The third-order valence-electron chi connectivity index (χ3n) is 12.4. The SMILES string of the molecule is CCOC(=O)c1cc(C#N)c(N2CCC(CC(=O)NCc3ccccc3)CC2)nc1C.CCOC(=O)c1cc(C#N)c(N2CCC(CC(=O)Nc3ccccc3)CC2)nc1C.N[C@@H](Cc1ccccc1)C(=O)O. The first-order chi connectivity index (χ1) is 35.2. The first kappa shape index (κ1) is 55.8. The van der Waals surface area contributed by atoms with Crippen LogP contribution < -0.4 is 26.2 Å². The number of carboxylic acids is 1. The number of amides is 2. The zero-order valence-corrected chi connectivity index (χ0v) is 42.0. The maximum Gasteiger partial charge on any atom is 0.340 e. The number of nitrogens with zero attached hydrogens (tertiary/aromatic N) is 6. The molecule has 5 N–H and O–H groups in total. The second-order valence-electron chi connectivity index (χ2n) is 17.7. The maximum absolute atomic E-state index is 12.3. The van der Waals surface area contributed by atoms with E-state index >= 15 is 0 Å². The van der Waals surface area contributed by atoms with Crippen molar-refractivity contribution >= 4 is 47.0 Å². The third-order valence-corrected chi connectivity index (χ3v) is 12.4. The fourth-order valence-electron chi connectivity index (χ4n) is 8.44. The average Bonchev–Trinajstić information content (AvgIpc) is 3.39. The van der Waals surface area contributed by atoms with Gasteiger partial charge in [0.15, 0.2) is 0 Å². The van der Waals surface area contributed by atoms with E-state index < -0.39 is 23.9 Å². The summed E-state index contributed by atoms with van der Waals surface area (Å²) >= 11 is 0. The lowest BCUT2D eigenvalue weighted by Gasteiger charge is -2.33. The Kier molecular flexibility index (Phi) is 21.9. The number of nitrogens with two attached hydrogens (primary N) is 1.